The Balaban J connectivity index is 4.37. The summed E-state index contributed by atoms with van der Waals surface area (Å²) in [6.07, 6.45) is 0.521. The highest BCUT2D eigenvalue weighted by Crippen LogP contribution is 2.24. The van der Waals surface area contributed by atoms with Crippen molar-refractivity contribution in [1.82, 2.24) is 56.0 Å². The van der Waals surface area contributed by atoms with E-state index >= 15 is 4.79 Å². The fourth-order valence-corrected chi connectivity index (χ4v) is 10.6. The number of hydrogen-bond acceptors (Lipinski definition) is 14. The highest BCUT2D eigenvalue weighted by atomic mass is 16.3. The smallest absolute Gasteiger partial charge is 0.248 e. The molecule has 1 rings (SSSR count). The number of rotatable bonds is 16. The molecule has 1 fully saturated rings. The summed E-state index contributed by atoms with van der Waals surface area (Å²) < 4.78 is 0. The van der Waals surface area contributed by atoms with Crippen LogP contribution in [0.4, 0.5) is 0 Å². The van der Waals surface area contributed by atoms with Gasteiger partial charge >= 0.3 is 0 Å². The molecule has 1 saturated heterocycles. The number of allylic oxidation sites excluding steroid dienone is 2. The molecule has 0 aromatic rings. The summed E-state index contributed by atoms with van der Waals surface area (Å²) >= 11 is 0. The number of hydrogen-bond donors (Lipinski definition) is 8. The van der Waals surface area contributed by atoms with Gasteiger partial charge in [-0.3, -0.25) is 52.7 Å². The van der Waals surface area contributed by atoms with Crippen LogP contribution in [0.25, 0.3) is 0 Å². The average Bonchev–Trinajstić information content (AvgIpc) is 1.16. The summed E-state index contributed by atoms with van der Waals surface area (Å²) in [6, 6.07) is -13.9. The molecule has 11 amide bonds. The van der Waals surface area contributed by atoms with Crippen LogP contribution >= 0.6 is 0 Å². The van der Waals surface area contributed by atoms with Crippen LogP contribution < -0.4 is 26.6 Å². The first-order valence-corrected chi connectivity index (χ1v) is 30.7. The van der Waals surface area contributed by atoms with Crippen molar-refractivity contribution in [2.24, 2.45) is 35.5 Å². The summed E-state index contributed by atoms with van der Waals surface area (Å²) in [6.45, 7) is 27.5. The van der Waals surface area contributed by atoms with E-state index in [1.807, 2.05) is 41.5 Å². The number of nitrogens with one attached hydrogen (secondary N) is 5. The van der Waals surface area contributed by atoms with E-state index < -0.39 is 162 Å². The molecular weight excluding hydrogens is 1120 g/mol. The molecule has 13 atom stereocenters. The topological polar surface area (TPSA) is 328 Å². The molecule has 0 aromatic carbocycles. The van der Waals surface area contributed by atoms with E-state index in [2.05, 4.69) is 26.6 Å². The van der Waals surface area contributed by atoms with Crippen LogP contribution in [0.2, 0.25) is 0 Å². The first kappa shape index (κ1) is 78.8. The second-order valence-electron chi connectivity index (χ2n) is 26.8. The lowest BCUT2D eigenvalue weighted by Gasteiger charge is -2.40. The highest BCUT2D eigenvalue weighted by molar-refractivity contribution is 5.99. The molecule has 0 spiro atoms. The van der Waals surface area contributed by atoms with Gasteiger partial charge in [-0.05, 0) is 109 Å². The maximum atomic E-state index is 15.1. The van der Waals surface area contributed by atoms with Crippen LogP contribution in [0.5, 0.6) is 0 Å². The average molecular weight is 1230 g/mol. The highest BCUT2D eigenvalue weighted by Gasteiger charge is 2.45. The third kappa shape index (κ3) is 23.7. The van der Waals surface area contributed by atoms with Gasteiger partial charge in [0.25, 0.3) is 0 Å². The Morgan fingerprint density at radius 2 is 0.908 bits per heavy atom. The summed E-state index contributed by atoms with van der Waals surface area (Å²) in [7, 11) is 7.94. The molecule has 498 valence electrons. The van der Waals surface area contributed by atoms with Gasteiger partial charge < -0.3 is 71.3 Å². The predicted octanol–water partition coefficient (Wildman–Crippen LogP) is 1.40. The van der Waals surface area contributed by atoms with Gasteiger partial charge in [-0.15, -0.1) is 0 Å². The van der Waals surface area contributed by atoms with Gasteiger partial charge in [0, 0.05) is 48.7 Å². The Bertz CT molecular complexity index is 2390. The van der Waals surface area contributed by atoms with Crippen molar-refractivity contribution in [3.05, 3.63) is 12.2 Å². The molecule has 0 saturated carbocycles. The summed E-state index contributed by atoms with van der Waals surface area (Å²) in [5, 5.41) is 47.8. The third-order valence-electron chi connectivity index (χ3n) is 15.7. The van der Waals surface area contributed by atoms with Crippen molar-refractivity contribution in [3.8, 4) is 0 Å². The largest absolute Gasteiger partial charge is 0.391 e. The van der Waals surface area contributed by atoms with Crippen molar-refractivity contribution >= 4 is 65.0 Å². The van der Waals surface area contributed by atoms with E-state index in [9.17, 15) is 63.3 Å². The number of carbonyl (C=O) groups excluding carboxylic acids is 11. The van der Waals surface area contributed by atoms with Gasteiger partial charge in [0.1, 0.15) is 60.4 Å². The molecule has 1 unspecified atom stereocenters. The summed E-state index contributed by atoms with van der Waals surface area (Å²) in [5.74, 6) is -10.9. The van der Waals surface area contributed by atoms with E-state index in [1.165, 1.54) is 81.8 Å². The standard InChI is InChI=1S/C62H111N11O14/c1-24-25-26-38(12)51(76)50-56(81)67-48(41(15)74)60(85)68(18)32-47(75)69(19)44(29-35(6)7)54(79)65-42(27-33(2)3)58(83)70(20)45(30-36(8)9)53(78)63-39(13)52(77)64-40(14)57(82)71(21)46(31-62(16,17)87)55(80)66-43(28-34(4)5)59(84)72(22)49(37(10)11)61(86)73(50)23/h24-25,33-46,48-51,74,76,87H,26-32H2,1-23H3,(H,63,78)(H,64,77)(H,65,79)(H,66,80)(H,67,81)/b25-24+/t38-,39+,40-,41-,42+,43?,44+,45+,46+,48+,49+,50+,51-/m1/s1. The number of carbonyl (C=O) groups is 11. The van der Waals surface area contributed by atoms with Crippen LogP contribution in [0.1, 0.15) is 156 Å². The third-order valence-corrected chi connectivity index (χ3v) is 15.7. The Labute approximate surface area is 518 Å². The van der Waals surface area contributed by atoms with Crippen molar-refractivity contribution in [2.75, 3.05) is 48.8 Å². The minimum Gasteiger partial charge on any atom is -0.391 e. The minimum atomic E-state index is -1.76. The molecule has 87 heavy (non-hydrogen) atoms. The zero-order valence-electron chi connectivity index (χ0n) is 56.5. The van der Waals surface area contributed by atoms with Crippen LogP contribution in [0.15, 0.2) is 12.2 Å². The molecule has 0 aromatic heterocycles. The number of amides is 11. The number of nitrogens with zero attached hydrogens (tertiary/aromatic N) is 6. The van der Waals surface area contributed by atoms with Gasteiger partial charge in [0.15, 0.2) is 0 Å². The van der Waals surface area contributed by atoms with Crippen LogP contribution in [0.3, 0.4) is 0 Å². The van der Waals surface area contributed by atoms with Crippen molar-refractivity contribution in [3.63, 3.8) is 0 Å². The number of aliphatic hydroxyl groups excluding tert-OH is 2. The van der Waals surface area contributed by atoms with Gasteiger partial charge in [-0.25, -0.2) is 0 Å². The molecule has 8 N–H and O–H groups in total. The molecule has 25 heteroatoms. The SMILES string of the molecule is C/C=C/C[C@@H](C)[C@@H](O)[C@H]1C(=O)N[C@@H]([C@@H](C)O)C(=O)N(C)CC(=O)N(C)[C@@H](CC(C)C)C(=O)N[C@@H](CC(C)C)C(=O)N(C)[C@@H](CC(C)C)C(=O)N[C@@H](C)C(=O)N[C@H](C)C(=O)N(C)[C@@H](CC(C)(C)O)C(=O)NC(CC(C)C)C(=O)N(C)[C@@H](C(C)C)C(=O)N1C. The first-order chi connectivity index (χ1) is 39.9. The van der Waals surface area contributed by atoms with Crippen molar-refractivity contribution < 1.29 is 68.1 Å². The van der Waals surface area contributed by atoms with E-state index in [4.69, 9.17) is 0 Å². The lowest BCUT2D eigenvalue weighted by atomic mass is 9.91. The fourth-order valence-electron chi connectivity index (χ4n) is 10.6. The van der Waals surface area contributed by atoms with E-state index in [0.29, 0.717) is 0 Å². The number of aliphatic hydroxyl groups is 3. The Morgan fingerprint density at radius 1 is 0.494 bits per heavy atom. The van der Waals surface area contributed by atoms with E-state index in [-0.39, 0.29) is 62.2 Å². The summed E-state index contributed by atoms with van der Waals surface area (Å²) in [5.41, 5.74) is -1.58. The van der Waals surface area contributed by atoms with Crippen molar-refractivity contribution in [1.29, 1.82) is 0 Å². The predicted molar refractivity (Wildman–Crippen MR) is 331 cm³/mol. The monoisotopic (exact) mass is 1230 g/mol. The van der Waals surface area contributed by atoms with Gasteiger partial charge in [0.2, 0.25) is 65.0 Å². The maximum absolute atomic E-state index is 15.1. The molecule has 0 radical (unpaired) electrons. The second kappa shape index (κ2) is 35.1. The maximum Gasteiger partial charge on any atom is 0.248 e. The van der Waals surface area contributed by atoms with Crippen LogP contribution in [-0.2, 0) is 52.7 Å². The normalized spacial score (nSPS) is 27.0. The lowest BCUT2D eigenvalue weighted by Crippen LogP contribution is -2.64. The number of likely N-dealkylation sites (N-methyl/N-ethyl adjacent to an activating group) is 6. The molecule has 1 aliphatic rings. The zero-order chi connectivity index (χ0) is 67.6. The lowest BCUT2D eigenvalue weighted by molar-refractivity contribution is -0.155. The molecular formula is C62H111N11O14. The molecule has 0 aliphatic carbocycles. The van der Waals surface area contributed by atoms with Crippen LogP contribution in [-0.4, -0.2) is 237 Å². The Hall–Kier alpha value is -6.21. The first-order valence-electron chi connectivity index (χ1n) is 30.7. The second-order valence-corrected chi connectivity index (χ2v) is 26.8. The van der Waals surface area contributed by atoms with E-state index in [1.54, 1.807) is 53.7 Å². The molecule has 25 nitrogen and oxygen atoms in total. The van der Waals surface area contributed by atoms with E-state index in [0.717, 1.165) is 24.5 Å². The van der Waals surface area contributed by atoms with Gasteiger partial charge in [0.05, 0.1) is 24.4 Å². The summed E-state index contributed by atoms with van der Waals surface area (Å²) in [4.78, 5) is 166. The molecule has 1 aliphatic heterocycles. The van der Waals surface area contributed by atoms with Gasteiger partial charge in [-0.2, -0.15) is 0 Å². The fraction of sp³-hybridized carbons (Fsp3) is 0.790. The van der Waals surface area contributed by atoms with Crippen molar-refractivity contribution in [2.45, 2.75) is 234 Å². The minimum absolute atomic E-state index is 0.0259. The Kier molecular flexibility index (Phi) is 31.8. The quantitative estimate of drug-likeness (QED) is 0.101. The van der Waals surface area contributed by atoms with Crippen LogP contribution in [0, 0.1) is 35.5 Å². The zero-order valence-corrected chi connectivity index (χ0v) is 56.5. The Morgan fingerprint density at radius 3 is 1.34 bits per heavy atom. The molecule has 0 bridgehead atoms. The molecule has 1 heterocycles. The van der Waals surface area contributed by atoms with Gasteiger partial charge in [-0.1, -0.05) is 88.3 Å².